The molecule has 10 heteroatoms. The van der Waals surface area contributed by atoms with Crippen molar-refractivity contribution in [3.63, 3.8) is 0 Å². The van der Waals surface area contributed by atoms with Gasteiger partial charge in [0.1, 0.15) is 0 Å². The van der Waals surface area contributed by atoms with Crippen LogP contribution in [0.25, 0.3) is 0 Å². The first-order valence-electron chi connectivity index (χ1n) is 9.44. The highest BCUT2D eigenvalue weighted by Gasteiger charge is 2.25. The average Bonchev–Trinajstić information content (AvgIpc) is 2.74. The number of benzene rings is 2. The Morgan fingerprint density at radius 2 is 1.10 bits per heavy atom. The van der Waals surface area contributed by atoms with E-state index in [2.05, 4.69) is 10.6 Å². The van der Waals surface area contributed by atoms with Gasteiger partial charge >= 0.3 is 0 Å². The van der Waals surface area contributed by atoms with E-state index in [0.29, 0.717) is 17.5 Å². The highest BCUT2D eigenvalue weighted by atomic mass is 16.6. The lowest BCUT2D eigenvalue weighted by molar-refractivity contribution is -0.385. The van der Waals surface area contributed by atoms with Crippen molar-refractivity contribution in [2.24, 2.45) is 0 Å². The van der Waals surface area contributed by atoms with E-state index in [4.69, 9.17) is 0 Å². The van der Waals surface area contributed by atoms with Crippen molar-refractivity contribution in [1.82, 2.24) is 10.6 Å². The second-order valence-corrected chi connectivity index (χ2v) is 7.12. The first-order chi connectivity index (χ1) is 14.3. The van der Waals surface area contributed by atoms with Crippen molar-refractivity contribution >= 4 is 23.2 Å². The van der Waals surface area contributed by atoms with Crippen molar-refractivity contribution in [2.45, 2.75) is 37.8 Å². The van der Waals surface area contributed by atoms with Gasteiger partial charge in [0.2, 0.25) is 0 Å². The van der Waals surface area contributed by atoms with Crippen LogP contribution in [0.3, 0.4) is 0 Å². The van der Waals surface area contributed by atoms with E-state index < -0.39 is 9.85 Å². The molecule has 30 heavy (non-hydrogen) atoms. The number of non-ortho nitro benzene ring substituents is 2. The topological polar surface area (TPSA) is 144 Å². The molecule has 1 saturated carbocycles. The lowest BCUT2D eigenvalue weighted by Crippen LogP contribution is -2.45. The lowest BCUT2D eigenvalue weighted by atomic mass is 9.90. The molecule has 0 aromatic heterocycles. The van der Waals surface area contributed by atoms with Crippen molar-refractivity contribution in [1.29, 1.82) is 0 Å². The number of carbonyl (C=O) groups excluding carboxylic acids is 2. The summed E-state index contributed by atoms with van der Waals surface area (Å²) >= 11 is 0. The van der Waals surface area contributed by atoms with Crippen molar-refractivity contribution in [3.8, 4) is 0 Å². The van der Waals surface area contributed by atoms with E-state index in [1.54, 1.807) is 0 Å². The predicted molar refractivity (Wildman–Crippen MR) is 107 cm³/mol. The maximum absolute atomic E-state index is 12.4. The number of rotatable bonds is 6. The Kier molecular flexibility index (Phi) is 6.35. The van der Waals surface area contributed by atoms with Crippen LogP contribution in [0.4, 0.5) is 11.4 Å². The molecule has 2 unspecified atom stereocenters. The van der Waals surface area contributed by atoms with Crippen LogP contribution < -0.4 is 10.6 Å². The fraction of sp³-hybridized carbons (Fsp3) is 0.300. The molecule has 2 aromatic rings. The fourth-order valence-corrected chi connectivity index (χ4v) is 3.46. The average molecular weight is 412 g/mol. The van der Waals surface area contributed by atoms with Gasteiger partial charge in [0.05, 0.1) is 9.85 Å². The van der Waals surface area contributed by atoms with Gasteiger partial charge in [-0.3, -0.25) is 29.8 Å². The minimum atomic E-state index is -0.527. The van der Waals surface area contributed by atoms with E-state index >= 15 is 0 Å². The molecule has 0 aliphatic heterocycles. The predicted octanol–water partition coefficient (Wildman–Crippen LogP) is 2.97. The van der Waals surface area contributed by atoms with E-state index in [1.807, 2.05) is 0 Å². The van der Waals surface area contributed by atoms with Gasteiger partial charge in [-0.2, -0.15) is 0 Å². The molecular weight excluding hydrogens is 392 g/mol. The summed E-state index contributed by atoms with van der Waals surface area (Å²) in [6.45, 7) is 0. The number of nitrogens with zero attached hydrogens (tertiary/aromatic N) is 2. The molecule has 0 saturated heterocycles. The van der Waals surface area contributed by atoms with Crippen LogP contribution >= 0.6 is 0 Å². The van der Waals surface area contributed by atoms with Gasteiger partial charge in [-0.05, 0) is 49.9 Å². The Balaban J connectivity index is 1.55. The van der Waals surface area contributed by atoms with Crippen molar-refractivity contribution < 1.29 is 19.4 Å². The van der Waals surface area contributed by atoms with E-state index in [0.717, 1.165) is 19.3 Å². The molecule has 2 atom stereocenters. The third-order valence-electron chi connectivity index (χ3n) is 5.03. The Morgan fingerprint density at radius 1 is 0.733 bits per heavy atom. The molecule has 2 amide bonds. The number of nitro groups is 2. The molecule has 2 N–H and O–H groups in total. The Bertz CT molecular complexity index is 881. The molecule has 1 aliphatic carbocycles. The van der Waals surface area contributed by atoms with Crippen LogP contribution in [0.15, 0.2) is 48.5 Å². The number of hydrogen-bond donors (Lipinski definition) is 2. The maximum atomic E-state index is 12.4. The summed E-state index contributed by atoms with van der Waals surface area (Å²) in [5.41, 5.74) is 0.492. The smallest absolute Gasteiger partial charge is 0.269 e. The summed E-state index contributed by atoms with van der Waals surface area (Å²) < 4.78 is 0. The zero-order valence-corrected chi connectivity index (χ0v) is 15.9. The summed E-state index contributed by atoms with van der Waals surface area (Å²) in [5.74, 6) is -0.644. The number of nitro benzene ring substituents is 2. The molecular formula is C20H20N4O6. The standard InChI is InChI=1S/C20H20N4O6/c25-19(13-4-8-17(9-5-13)23(27)28)21-15-2-1-3-16(12-15)22-20(26)14-6-10-18(11-7-14)24(29)30/h4-11,15-16H,1-3,12H2,(H,21,25)(H,22,26). The van der Waals surface area contributed by atoms with Gasteiger partial charge < -0.3 is 10.6 Å². The zero-order valence-electron chi connectivity index (χ0n) is 15.9. The quantitative estimate of drug-likeness (QED) is 0.551. The minimum absolute atomic E-state index is 0.0850. The van der Waals surface area contributed by atoms with Gasteiger partial charge in [-0.15, -0.1) is 0 Å². The highest BCUT2D eigenvalue weighted by molar-refractivity contribution is 5.95. The van der Waals surface area contributed by atoms with E-state index in [9.17, 15) is 29.8 Å². The molecule has 1 fully saturated rings. The van der Waals surface area contributed by atoms with Crippen LogP contribution in [-0.2, 0) is 0 Å². The van der Waals surface area contributed by atoms with Crippen LogP contribution in [0, 0.1) is 20.2 Å². The summed E-state index contributed by atoms with van der Waals surface area (Å²) in [5, 5.41) is 27.2. The van der Waals surface area contributed by atoms with Gasteiger partial charge in [0, 0.05) is 47.5 Å². The number of nitrogens with one attached hydrogen (secondary N) is 2. The fourth-order valence-electron chi connectivity index (χ4n) is 3.46. The lowest BCUT2D eigenvalue weighted by Gasteiger charge is -2.30. The van der Waals surface area contributed by atoms with Gasteiger partial charge in [0.15, 0.2) is 0 Å². The first kappa shape index (κ1) is 20.9. The molecule has 0 heterocycles. The minimum Gasteiger partial charge on any atom is -0.349 e. The van der Waals surface area contributed by atoms with Crippen LogP contribution in [-0.4, -0.2) is 33.7 Å². The van der Waals surface area contributed by atoms with Gasteiger partial charge in [0.25, 0.3) is 23.2 Å². The number of amides is 2. The monoisotopic (exact) mass is 412 g/mol. The van der Waals surface area contributed by atoms with Crippen LogP contribution in [0.2, 0.25) is 0 Å². The SMILES string of the molecule is O=C(NC1CCCC(NC(=O)c2ccc([N+](=O)[O-])cc2)C1)c1ccc([N+](=O)[O-])cc1. The first-order valence-corrected chi connectivity index (χ1v) is 9.44. The molecule has 0 radical (unpaired) electrons. The molecule has 156 valence electrons. The molecule has 0 spiro atoms. The van der Waals surface area contributed by atoms with E-state index in [1.165, 1.54) is 48.5 Å². The van der Waals surface area contributed by atoms with Gasteiger partial charge in [-0.1, -0.05) is 0 Å². The highest BCUT2D eigenvalue weighted by Crippen LogP contribution is 2.20. The molecule has 1 aliphatic rings. The van der Waals surface area contributed by atoms with Crippen molar-refractivity contribution in [3.05, 3.63) is 79.9 Å². The summed E-state index contributed by atoms with van der Waals surface area (Å²) in [7, 11) is 0. The third-order valence-corrected chi connectivity index (χ3v) is 5.03. The molecule has 10 nitrogen and oxygen atoms in total. The van der Waals surface area contributed by atoms with Crippen LogP contribution in [0.5, 0.6) is 0 Å². The Hall–Kier alpha value is -3.82. The largest absolute Gasteiger partial charge is 0.349 e. The van der Waals surface area contributed by atoms with Crippen molar-refractivity contribution in [2.75, 3.05) is 0 Å². The van der Waals surface area contributed by atoms with Crippen LogP contribution in [0.1, 0.15) is 46.4 Å². The normalized spacial score (nSPS) is 18.3. The zero-order chi connectivity index (χ0) is 21.7. The second-order valence-electron chi connectivity index (χ2n) is 7.12. The van der Waals surface area contributed by atoms with E-state index in [-0.39, 0.29) is 35.3 Å². The Morgan fingerprint density at radius 3 is 1.43 bits per heavy atom. The molecule has 0 bridgehead atoms. The number of carbonyl (C=O) groups is 2. The summed E-state index contributed by atoms with van der Waals surface area (Å²) in [4.78, 5) is 45.2. The second kappa shape index (κ2) is 9.12. The molecule has 2 aromatic carbocycles. The summed E-state index contributed by atoms with van der Waals surface area (Å²) in [6.07, 6.45) is 2.90. The third kappa shape index (κ3) is 5.16. The Labute approximate surface area is 171 Å². The maximum Gasteiger partial charge on any atom is 0.269 e. The molecule has 3 rings (SSSR count). The summed E-state index contributed by atoms with van der Waals surface area (Å²) in [6, 6.07) is 10.5. The number of hydrogen-bond acceptors (Lipinski definition) is 6. The van der Waals surface area contributed by atoms with Gasteiger partial charge in [-0.25, -0.2) is 0 Å².